The number of hydrogen-bond donors (Lipinski definition) is 0. The number of nitrogens with zero attached hydrogens (tertiary/aromatic N) is 2. The highest BCUT2D eigenvalue weighted by Crippen LogP contribution is 2.20. The van der Waals surface area contributed by atoms with Gasteiger partial charge in [0.1, 0.15) is 12.4 Å². The molecule has 1 aliphatic heterocycles. The second-order valence-corrected chi connectivity index (χ2v) is 6.71. The summed E-state index contributed by atoms with van der Waals surface area (Å²) in [5.41, 5.74) is 2.37. The van der Waals surface area contributed by atoms with Crippen LogP contribution >= 0.6 is 12.4 Å². The van der Waals surface area contributed by atoms with E-state index in [1.54, 1.807) is 7.11 Å². The standard InChI is InChI=1S/C21H26N2O3.ClH/c1-22(12-11-17-7-4-3-5-8-17)15-19-16-26-21(24)23(19)14-18-9-6-10-20(13-18)25-2;/h3-10,13,19H,11-12,14-16H2,1-2H3;1H. The van der Waals surface area contributed by atoms with Gasteiger partial charge in [0.05, 0.1) is 13.2 Å². The normalized spacial score (nSPS) is 16.2. The van der Waals surface area contributed by atoms with Gasteiger partial charge < -0.3 is 14.4 Å². The Labute approximate surface area is 167 Å². The first kappa shape index (κ1) is 21.1. The highest BCUT2D eigenvalue weighted by Gasteiger charge is 2.33. The zero-order valence-corrected chi connectivity index (χ0v) is 16.7. The van der Waals surface area contributed by atoms with Gasteiger partial charge in [-0.3, -0.25) is 4.90 Å². The van der Waals surface area contributed by atoms with Crippen LogP contribution < -0.4 is 4.74 Å². The molecule has 27 heavy (non-hydrogen) atoms. The molecule has 0 spiro atoms. The smallest absolute Gasteiger partial charge is 0.410 e. The molecule has 0 aliphatic carbocycles. The minimum Gasteiger partial charge on any atom is -0.497 e. The van der Waals surface area contributed by atoms with Crippen LogP contribution in [0.25, 0.3) is 0 Å². The first-order chi connectivity index (χ1) is 12.7. The summed E-state index contributed by atoms with van der Waals surface area (Å²) in [6, 6.07) is 18.3. The fourth-order valence-electron chi connectivity index (χ4n) is 3.22. The third-order valence-electron chi connectivity index (χ3n) is 4.71. The van der Waals surface area contributed by atoms with Gasteiger partial charge >= 0.3 is 6.09 Å². The van der Waals surface area contributed by atoms with E-state index in [2.05, 4.69) is 36.2 Å². The Balaban J connectivity index is 0.00000261. The third-order valence-corrected chi connectivity index (χ3v) is 4.71. The van der Waals surface area contributed by atoms with Crippen LogP contribution in [0.1, 0.15) is 11.1 Å². The summed E-state index contributed by atoms with van der Waals surface area (Å²) < 4.78 is 10.6. The molecular formula is C21H27ClN2O3. The Kier molecular flexibility index (Phi) is 7.95. The predicted octanol–water partition coefficient (Wildman–Crippen LogP) is 3.61. The van der Waals surface area contributed by atoms with Crippen LogP contribution in [0.5, 0.6) is 5.75 Å². The molecule has 2 aromatic rings. The van der Waals surface area contributed by atoms with E-state index in [1.165, 1.54) is 5.56 Å². The van der Waals surface area contributed by atoms with E-state index in [4.69, 9.17) is 9.47 Å². The minimum atomic E-state index is -0.241. The van der Waals surface area contributed by atoms with Crippen LogP contribution in [-0.4, -0.2) is 55.8 Å². The van der Waals surface area contributed by atoms with Gasteiger partial charge in [-0.25, -0.2) is 4.79 Å². The van der Waals surface area contributed by atoms with E-state index in [9.17, 15) is 4.79 Å². The van der Waals surface area contributed by atoms with E-state index in [-0.39, 0.29) is 24.5 Å². The number of amides is 1. The summed E-state index contributed by atoms with van der Waals surface area (Å²) in [4.78, 5) is 16.2. The molecule has 0 saturated carbocycles. The van der Waals surface area contributed by atoms with Gasteiger partial charge in [0, 0.05) is 19.6 Å². The highest BCUT2D eigenvalue weighted by atomic mass is 35.5. The largest absolute Gasteiger partial charge is 0.497 e. The molecule has 1 fully saturated rings. The van der Waals surface area contributed by atoms with Gasteiger partial charge in [-0.2, -0.15) is 0 Å². The maximum Gasteiger partial charge on any atom is 0.410 e. The molecule has 2 aromatic carbocycles. The molecule has 5 nitrogen and oxygen atoms in total. The predicted molar refractivity (Wildman–Crippen MR) is 109 cm³/mol. The number of methoxy groups -OCH3 is 1. The minimum absolute atomic E-state index is 0. The molecule has 6 heteroatoms. The maximum atomic E-state index is 12.2. The molecule has 0 bridgehead atoms. The molecule has 3 rings (SSSR count). The number of likely N-dealkylation sites (N-methyl/N-ethyl adjacent to an activating group) is 1. The molecule has 1 unspecified atom stereocenters. The van der Waals surface area contributed by atoms with Gasteiger partial charge in [-0.15, -0.1) is 12.4 Å². The fraction of sp³-hybridized carbons (Fsp3) is 0.381. The van der Waals surface area contributed by atoms with E-state index < -0.39 is 0 Å². The summed E-state index contributed by atoms with van der Waals surface area (Å²) in [6.45, 7) is 2.72. The summed E-state index contributed by atoms with van der Waals surface area (Å²) >= 11 is 0. The first-order valence-electron chi connectivity index (χ1n) is 8.94. The summed E-state index contributed by atoms with van der Waals surface area (Å²) in [5, 5.41) is 0. The Morgan fingerprint density at radius 2 is 1.89 bits per heavy atom. The monoisotopic (exact) mass is 390 g/mol. The Morgan fingerprint density at radius 1 is 1.15 bits per heavy atom. The quantitative estimate of drug-likeness (QED) is 0.690. The second-order valence-electron chi connectivity index (χ2n) is 6.71. The number of benzene rings is 2. The van der Waals surface area contributed by atoms with Crippen molar-refractivity contribution in [2.24, 2.45) is 0 Å². The lowest BCUT2D eigenvalue weighted by atomic mass is 10.1. The lowest BCUT2D eigenvalue weighted by Crippen LogP contribution is -2.41. The van der Waals surface area contributed by atoms with Gasteiger partial charge in [0.25, 0.3) is 0 Å². The van der Waals surface area contributed by atoms with Crippen LogP contribution in [0.3, 0.4) is 0 Å². The lowest BCUT2D eigenvalue weighted by Gasteiger charge is -2.26. The topological polar surface area (TPSA) is 42.0 Å². The summed E-state index contributed by atoms with van der Waals surface area (Å²) in [5.74, 6) is 0.798. The molecule has 1 amide bonds. The first-order valence-corrected chi connectivity index (χ1v) is 8.94. The second kappa shape index (κ2) is 10.2. The Morgan fingerprint density at radius 3 is 2.63 bits per heavy atom. The van der Waals surface area contributed by atoms with Crippen molar-refractivity contribution < 1.29 is 14.3 Å². The highest BCUT2D eigenvalue weighted by molar-refractivity contribution is 5.85. The van der Waals surface area contributed by atoms with Crippen LogP contribution in [0.4, 0.5) is 4.79 Å². The average Bonchev–Trinajstić information content (AvgIpc) is 3.01. The van der Waals surface area contributed by atoms with E-state index in [1.807, 2.05) is 35.2 Å². The molecule has 0 N–H and O–H groups in total. The van der Waals surface area contributed by atoms with Crippen molar-refractivity contribution >= 4 is 18.5 Å². The Bertz CT molecular complexity index is 726. The molecule has 1 atom stereocenters. The van der Waals surface area contributed by atoms with Gasteiger partial charge in [-0.05, 0) is 36.7 Å². The number of carbonyl (C=O) groups is 1. The molecule has 0 aromatic heterocycles. The van der Waals surface area contributed by atoms with Crippen molar-refractivity contribution in [1.29, 1.82) is 0 Å². The Hall–Kier alpha value is -2.24. The zero-order valence-electron chi connectivity index (χ0n) is 15.8. The summed E-state index contributed by atoms with van der Waals surface area (Å²) in [6.07, 6.45) is 0.753. The number of hydrogen-bond acceptors (Lipinski definition) is 4. The summed E-state index contributed by atoms with van der Waals surface area (Å²) in [7, 11) is 3.74. The van der Waals surface area contributed by atoms with Crippen LogP contribution in [0.2, 0.25) is 0 Å². The molecular weight excluding hydrogens is 364 g/mol. The van der Waals surface area contributed by atoms with Crippen LogP contribution in [0.15, 0.2) is 54.6 Å². The molecule has 146 valence electrons. The molecule has 1 saturated heterocycles. The number of ether oxygens (including phenoxy) is 2. The number of halogens is 1. The van der Waals surface area contributed by atoms with Gasteiger partial charge in [0.15, 0.2) is 0 Å². The fourth-order valence-corrected chi connectivity index (χ4v) is 3.22. The van der Waals surface area contributed by atoms with Gasteiger partial charge in [-0.1, -0.05) is 42.5 Å². The van der Waals surface area contributed by atoms with Gasteiger partial charge in [0.2, 0.25) is 0 Å². The number of rotatable bonds is 8. The van der Waals surface area contributed by atoms with E-state index in [0.717, 1.165) is 30.8 Å². The molecule has 1 heterocycles. The zero-order chi connectivity index (χ0) is 18.4. The van der Waals surface area contributed by atoms with Crippen molar-refractivity contribution in [3.05, 3.63) is 65.7 Å². The van der Waals surface area contributed by atoms with Crippen molar-refractivity contribution in [3.63, 3.8) is 0 Å². The van der Waals surface area contributed by atoms with Crippen LogP contribution in [0, 0.1) is 0 Å². The number of carbonyl (C=O) groups excluding carboxylic acids is 1. The number of cyclic esters (lactones) is 1. The van der Waals surface area contributed by atoms with Crippen molar-refractivity contribution in [1.82, 2.24) is 9.80 Å². The van der Waals surface area contributed by atoms with E-state index in [0.29, 0.717) is 13.2 Å². The van der Waals surface area contributed by atoms with Crippen molar-refractivity contribution in [2.75, 3.05) is 33.9 Å². The maximum absolute atomic E-state index is 12.2. The van der Waals surface area contributed by atoms with Crippen molar-refractivity contribution in [3.8, 4) is 5.75 Å². The van der Waals surface area contributed by atoms with Crippen LogP contribution in [-0.2, 0) is 17.7 Å². The molecule has 1 aliphatic rings. The third kappa shape index (κ3) is 5.88. The van der Waals surface area contributed by atoms with E-state index >= 15 is 0 Å². The molecule has 0 radical (unpaired) electrons. The average molecular weight is 391 g/mol. The lowest BCUT2D eigenvalue weighted by molar-refractivity contribution is 0.154. The van der Waals surface area contributed by atoms with Crippen molar-refractivity contribution in [2.45, 2.75) is 19.0 Å². The SMILES string of the molecule is COc1cccc(CN2C(=O)OCC2CN(C)CCc2ccccc2)c1.Cl.